The van der Waals surface area contributed by atoms with Gasteiger partial charge in [-0.1, -0.05) is 19.9 Å². The van der Waals surface area contributed by atoms with E-state index in [4.69, 9.17) is 5.73 Å². The molecule has 104 valence electrons. The van der Waals surface area contributed by atoms with Crippen molar-refractivity contribution in [1.29, 1.82) is 0 Å². The second-order valence-corrected chi connectivity index (χ2v) is 4.98. The molecular weight excluding hydrogens is 252 g/mol. The monoisotopic (exact) mass is 270 g/mol. The summed E-state index contributed by atoms with van der Waals surface area (Å²) < 4.78 is 0. The second-order valence-electron chi connectivity index (χ2n) is 4.98. The summed E-state index contributed by atoms with van der Waals surface area (Å²) in [7, 11) is 0. The molecule has 2 aromatic rings. The van der Waals surface area contributed by atoms with Crippen LogP contribution in [0.5, 0.6) is 0 Å². The van der Waals surface area contributed by atoms with Gasteiger partial charge in [0.15, 0.2) is 0 Å². The van der Waals surface area contributed by atoms with Crippen molar-refractivity contribution < 1.29 is 4.79 Å². The first-order valence-electron chi connectivity index (χ1n) is 6.48. The van der Waals surface area contributed by atoms with Crippen LogP contribution in [0.1, 0.15) is 41.4 Å². The third-order valence-electron chi connectivity index (χ3n) is 2.96. The Balaban J connectivity index is 2.28. The van der Waals surface area contributed by atoms with Crippen LogP contribution in [-0.2, 0) is 0 Å². The van der Waals surface area contributed by atoms with Gasteiger partial charge >= 0.3 is 0 Å². The van der Waals surface area contributed by atoms with Gasteiger partial charge in [0, 0.05) is 17.5 Å². The Kier molecular flexibility index (Phi) is 3.98. The van der Waals surface area contributed by atoms with Crippen LogP contribution in [0.4, 0.5) is 11.6 Å². The van der Waals surface area contributed by atoms with Crippen LogP contribution in [0.2, 0.25) is 0 Å². The zero-order valence-electron chi connectivity index (χ0n) is 11.8. The fourth-order valence-electron chi connectivity index (χ4n) is 1.80. The van der Waals surface area contributed by atoms with E-state index in [1.165, 1.54) is 0 Å². The zero-order chi connectivity index (χ0) is 14.7. The average Bonchev–Trinajstić information content (AvgIpc) is 2.40. The van der Waals surface area contributed by atoms with Crippen molar-refractivity contribution in [2.75, 3.05) is 11.1 Å². The first kappa shape index (κ1) is 14.0. The van der Waals surface area contributed by atoms with Crippen molar-refractivity contribution in [3.8, 4) is 0 Å². The summed E-state index contributed by atoms with van der Waals surface area (Å²) in [5.41, 5.74) is 7.95. The van der Waals surface area contributed by atoms with E-state index in [0.717, 1.165) is 11.3 Å². The summed E-state index contributed by atoms with van der Waals surface area (Å²) in [6.07, 6.45) is 1.64. The predicted octanol–water partition coefficient (Wildman–Crippen LogP) is 2.74. The molecule has 0 fully saturated rings. The van der Waals surface area contributed by atoms with E-state index in [9.17, 15) is 4.79 Å². The zero-order valence-corrected chi connectivity index (χ0v) is 11.8. The molecule has 0 radical (unpaired) electrons. The van der Waals surface area contributed by atoms with Gasteiger partial charge in [0.1, 0.15) is 11.6 Å². The van der Waals surface area contributed by atoms with Crippen LogP contribution in [0, 0.1) is 6.92 Å². The number of anilines is 2. The SMILES string of the molecule is Cc1cccnc1NC(=O)c1cc(N)nc(C(C)C)c1. The van der Waals surface area contributed by atoms with Gasteiger partial charge in [-0.05, 0) is 36.6 Å². The number of nitrogens with zero attached hydrogens (tertiary/aromatic N) is 2. The number of amides is 1. The molecule has 0 aromatic carbocycles. The largest absolute Gasteiger partial charge is 0.384 e. The first-order valence-corrected chi connectivity index (χ1v) is 6.48. The highest BCUT2D eigenvalue weighted by Gasteiger charge is 2.12. The molecule has 5 heteroatoms. The molecule has 0 spiro atoms. The Morgan fingerprint density at radius 3 is 2.75 bits per heavy atom. The maximum atomic E-state index is 12.3. The molecule has 2 heterocycles. The maximum absolute atomic E-state index is 12.3. The summed E-state index contributed by atoms with van der Waals surface area (Å²) in [4.78, 5) is 20.6. The highest BCUT2D eigenvalue weighted by Crippen LogP contribution is 2.17. The molecule has 2 rings (SSSR count). The topological polar surface area (TPSA) is 80.9 Å². The summed E-state index contributed by atoms with van der Waals surface area (Å²) in [6, 6.07) is 7.05. The van der Waals surface area contributed by atoms with Crippen molar-refractivity contribution in [2.45, 2.75) is 26.7 Å². The lowest BCUT2D eigenvalue weighted by Crippen LogP contribution is -2.15. The van der Waals surface area contributed by atoms with Crippen molar-refractivity contribution in [3.63, 3.8) is 0 Å². The van der Waals surface area contributed by atoms with Gasteiger partial charge < -0.3 is 11.1 Å². The fraction of sp³-hybridized carbons (Fsp3) is 0.267. The molecule has 1 amide bonds. The van der Waals surface area contributed by atoms with Crippen molar-refractivity contribution in [3.05, 3.63) is 47.3 Å². The molecule has 2 aromatic heterocycles. The number of carbonyl (C=O) groups is 1. The van der Waals surface area contributed by atoms with Crippen LogP contribution >= 0.6 is 0 Å². The Morgan fingerprint density at radius 2 is 2.10 bits per heavy atom. The van der Waals surface area contributed by atoms with Gasteiger partial charge in [-0.3, -0.25) is 4.79 Å². The predicted molar refractivity (Wildman–Crippen MR) is 79.7 cm³/mol. The quantitative estimate of drug-likeness (QED) is 0.898. The molecule has 0 aliphatic carbocycles. The van der Waals surface area contributed by atoms with Gasteiger partial charge in [-0.2, -0.15) is 0 Å². The van der Waals surface area contributed by atoms with Crippen molar-refractivity contribution in [2.24, 2.45) is 0 Å². The number of hydrogen-bond donors (Lipinski definition) is 2. The Bertz CT molecular complexity index is 638. The number of aryl methyl sites for hydroxylation is 1. The summed E-state index contributed by atoms with van der Waals surface area (Å²) in [5, 5.41) is 2.79. The van der Waals surface area contributed by atoms with Gasteiger partial charge in [-0.15, -0.1) is 0 Å². The second kappa shape index (κ2) is 5.69. The van der Waals surface area contributed by atoms with Gasteiger partial charge in [0.2, 0.25) is 0 Å². The van der Waals surface area contributed by atoms with E-state index in [2.05, 4.69) is 15.3 Å². The van der Waals surface area contributed by atoms with Gasteiger partial charge in [0.05, 0.1) is 0 Å². The molecule has 3 N–H and O–H groups in total. The molecule has 5 nitrogen and oxygen atoms in total. The van der Waals surface area contributed by atoms with Gasteiger partial charge in [0.25, 0.3) is 5.91 Å². The molecule has 0 unspecified atom stereocenters. The van der Waals surface area contributed by atoms with Crippen LogP contribution in [0.15, 0.2) is 30.5 Å². The number of pyridine rings is 2. The molecule has 0 bridgehead atoms. The number of nitrogen functional groups attached to an aromatic ring is 1. The molecule has 0 aliphatic heterocycles. The van der Waals surface area contributed by atoms with Crippen LogP contribution < -0.4 is 11.1 Å². The lowest BCUT2D eigenvalue weighted by atomic mass is 10.1. The van der Waals surface area contributed by atoms with E-state index in [-0.39, 0.29) is 11.8 Å². The molecule has 0 aliphatic rings. The normalized spacial score (nSPS) is 10.6. The van der Waals surface area contributed by atoms with Crippen LogP contribution in [0.25, 0.3) is 0 Å². The average molecular weight is 270 g/mol. The lowest BCUT2D eigenvalue weighted by molar-refractivity contribution is 0.102. The minimum Gasteiger partial charge on any atom is -0.384 e. The number of nitrogens with one attached hydrogen (secondary N) is 1. The molecule has 20 heavy (non-hydrogen) atoms. The number of hydrogen-bond acceptors (Lipinski definition) is 4. The first-order chi connectivity index (χ1) is 9.47. The minimum atomic E-state index is -0.234. The molecular formula is C15H18N4O. The van der Waals surface area contributed by atoms with E-state index in [1.807, 2.05) is 32.9 Å². The van der Waals surface area contributed by atoms with E-state index < -0.39 is 0 Å². The highest BCUT2D eigenvalue weighted by atomic mass is 16.1. The minimum absolute atomic E-state index is 0.210. The van der Waals surface area contributed by atoms with E-state index in [0.29, 0.717) is 17.2 Å². The van der Waals surface area contributed by atoms with Crippen molar-refractivity contribution >= 4 is 17.5 Å². The standard InChI is InChI=1S/C15H18N4O/c1-9(2)12-7-11(8-13(16)18-12)15(20)19-14-10(3)5-4-6-17-14/h4-9H,1-3H3,(H2,16,18)(H,17,19,20). The number of aromatic nitrogens is 2. The Labute approximate surface area is 118 Å². The van der Waals surface area contributed by atoms with Gasteiger partial charge in [-0.25, -0.2) is 9.97 Å². The third kappa shape index (κ3) is 3.12. The smallest absolute Gasteiger partial charge is 0.257 e. The maximum Gasteiger partial charge on any atom is 0.257 e. The third-order valence-corrected chi connectivity index (χ3v) is 2.96. The Morgan fingerprint density at radius 1 is 1.35 bits per heavy atom. The summed E-state index contributed by atoms with van der Waals surface area (Å²) in [6.45, 7) is 5.90. The molecule has 0 atom stereocenters. The van der Waals surface area contributed by atoms with E-state index in [1.54, 1.807) is 18.3 Å². The fourth-order valence-corrected chi connectivity index (χ4v) is 1.80. The molecule has 0 saturated carbocycles. The van der Waals surface area contributed by atoms with Crippen molar-refractivity contribution in [1.82, 2.24) is 9.97 Å². The number of carbonyl (C=O) groups excluding carboxylic acids is 1. The summed E-state index contributed by atoms with van der Waals surface area (Å²) >= 11 is 0. The summed E-state index contributed by atoms with van der Waals surface area (Å²) in [5.74, 6) is 0.877. The number of rotatable bonds is 3. The molecule has 0 saturated heterocycles. The highest BCUT2D eigenvalue weighted by molar-refractivity contribution is 6.04. The van der Waals surface area contributed by atoms with Crippen LogP contribution in [0.3, 0.4) is 0 Å². The number of nitrogens with two attached hydrogens (primary N) is 1. The van der Waals surface area contributed by atoms with E-state index >= 15 is 0 Å². The lowest BCUT2D eigenvalue weighted by Gasteiger charge is -2.10. The van der Waals surface area contributed by atoms with Crippen LogP contribution in [-0.4, -0.2) is 15.9 Å². The Hall–Kier alpha value is -2.43.